The van der Waals surface area contributed by atoms with E-state index in [1.54, 1.807) is 12.5 Å². The summed E-state index contributed by atoms with van der Waals surface area (Å²) in [6, 6.07) is 1.96. The average molecular weight is 404 g/mol. The van der Waals surface area contributed by atoms with Crippen molar-refractivity contribution in [3.8, 4) is 0 Å². The van der Waals surface area contributed by atoms with Crippen LogP contribution in [0.25, 0.3) is 0 Å². The van der Waals surface area contributed by atoms with Crippen LogP contribution in [0.1, 0.15) is 51.2 Å². The molecule has 2 spiro atoms. The molecule has 158 valence electrons. The maximum absolute atomic E-state index is 11.7. The maximum Gasteiger partial charge on any atom is 0.303 e. The van der Waals surface area contributed by atoms with E-state index in [-0.39, 0.29) is 41.7 Å². The van der Waals surface area contributed by atoms with Gasteiger partial charge in [-0.1, -0.05) is 6.92 Å². The number of epoxide rings is 1. The fourth-order valence-corrected chi connectivity index (χ4v) is 7.52. The molecule has 6 rings (SSSR count). The van der Waals surface area contributed by atoms with Crippen LogP contribution < -0.4 is 0 Å². The standard InChI is InChI=1S/C22H28O7/c1-12-7-17(24)21-10-26-19-20(12,8-15(29-19)14-5-6-25-9-14)16(21)3-4-18(28-13(2)23)22(21)11-27-22/h5-6,9,12,15-19,24H,3-4,7-8,10-11H2,1-2H3. The minimum atomic E-state index is -0.646. The Morgan fingerprint density at radius 1 is 1.31 bits per heavy atom. The number of furan rings is 1. The number of carbonyl (C=O) groups is 1. The van der Waals surface area contributed by atoms with Crippen molar-refractivity contribution in [1.29, 1.82) is 0 Å². The van der Waals surface area contributed by atoms with Crippen LogP contribution in [0.5, 0.6) is 0 Å². The molecule has 0 radical (unpaired) electrons. The first-order chi connectivity index (χ1) is 13.9. The molecular formula is C22H28O7. The lowest BCUT2D eigenvalue weighted by Crippen LogP contribution is -2.74. The summed E-state index contributed by atoms with van der Waals surface area (Å²) < 4.78 is 29.9. The first-order valence-corrected chi connectivity index (χ1v) is 10.7. The minimum absolute atomic E-state index is 0.0745. The molecule has 9 atom stereocenters. The van der Waals surface area contributed by atoms with Crippen molar-refractivity contribution in [1.82, 2.24) is 0 Å². The molecular weight excluding hydrogens is 376 g/mol. The van der Waals surface area contributed by atoms with Gasteiger partial charge in [-0.05, 0) is 43.6 Å². The Bertz CT molecular complexity index is 817. The summed E-state index contributed by atoms with van der Waals surface area (Å²) in [6.45, 7) is 4.53. The number of hydrogen-bond acceptors (Lipinski definition) is 7. The normalized spacial score (nSPS) is 52.7. The van der Waals surface area contributed by atoms with Crippen LogP contribution in [0.2, 0.25) is 0 Å². The van der Waals surface area contributed by atoms with Gasteiger partial charge in [0.1, 0.15) is 11.7 Å². The second kappa shape index (κ2) is 5.84. The molecule has 2 aliphatic carbocycles. The van der Waals surface area contributed by atoms with Gasteiger partial charge in [0.25, 0.3) is 0 Å². The van der Waals surface area contributed by atoms with Crippen molar-refractivity contribution in [2.75, 3.05) is 13.2 Å². The lowest BCUT2D eigenvalue weighted by atomic mass is 9.41. The van der Waals surface area contributed by atoms with Crippen molar-refractivity contribution in [2.24, 2.45) is 22.7 Å². The molecule has 0 amide bonds. The van der Waals surface area contributed by atoms with Gasteiger partial charge in [0.05, 0.1) is 43.4 Å². The molecule has 29 heavy (non-hydrogen) atoms. The van der Waals surface area contributed by atoms with E-state index in [1.807, 2.05) is 6.07 Å². The third-order valence-corrected chi connectivity index (χ3v) is 8.80. The quantitative estimate of drug-likeness (QED) is 0.598. The summed E-state index contributed by atoms with van der Waals surface area (Å²) in [6.07, 6.45) is 5.29. The Morgan fingerprint density at radius 2 is 2.14 bits per heavy atom. The number of carbonyl (C=O) groups excluding carboxylic acids is 1. The van der Waals surface area contributed by atoms with Crippen LogP contribution in [0.3, 0.4) is 0 Å². The molecule has 2 saturated carbocycles. The molecule has 1 aromatic heterocycles. The third-order valence-electron chi connectivity index (χ3n) is 8.80. The SMILES string of the molecule is CC(=O)OC1CCC2C34CC(c5ccoc5)OC3OCC2(C(O)CC4C)C12CO2. The van der Waals surface area contributed by atoms with Crippen LogP contribution in [0.15, 0.2) is 23.0 Å². The van der Waals surface area contributed by atoms with E-state index in [4.69, 9.17) is 23.4 Å². The molecule has 7 nitrogen and oxygen atoms in total. The highest BCUT2D eigenvalue weighted by molar-refractivity contribution is 5.66. The van der Waals surface area contributed by atoms with Crippen LogP contribution >= 0.6 is 0 Å². The maximum atomic E-state index is 11.7. The second-order valence-electron chi connectivity index (χ2n) is 9.74. The largest absolute Gasteiger partial charge is 0.472 e. The minimum Gasteiger partial charge on any atom is -0.472 e. The van der Waals surface area contributed by atoms with E-state index >= 15 is 0 Å². The summed E-state index contributed by atoms with van der Waals surface area (Å²) >= 11 is 0. The summed E-state index contributed by atoms with van der Waals surface area (Å²) in [5.74, 6) is 0.143. The summed E-state index contributed by atoms with van der Waals surface area (Å²) in [5.41, 5.74) is -0.373. The van der Waals surface area contributed by atoms with Gasteiger partial charge in [0.15, 0.2) is 6.29 Å². The molecule has 3 aliphatic heterocycles. The van der Waals surface area contributed by atoms with Crippen molar-refractivity contribution >= 4 is 5.97 Å². The van der Waals surface area contributed by atoms with Gasteiger partial charge in [-0.25, -0.2) is 0 Å². The zero-order valence-corrected chi connectivity index (χ0v) is 16.8. The highest BCUT2D eigenvalue weighted by Gasteiger charge is 2.82. The van der Waals surface area contributed by atoms with E-state index in [1.165, 1.54) is 6.92 Å². The fraction of sp³-hybridized carbons (Fsp3) is 0.773. The summed E-state index contributed by atoms with van der Waals surface area (Å²) in [4.78, 5) is 11.7. The van der Waals surface area contributed by atoms with Crippen molar-refractivity contribution < 1.29 is 33.3 Å². The first kappa shape index (κ1) is 18.4. The van der Waals surface area contributed by atoms with E-state index in [9.17, 15) is 9.90 Å². The smallest absolute Gasteiger partial charge is 0.303 e. The topological polar surface area (TPSA) is 90.7 Å². The second-order valence-corrected chi connectivity index (χ2v) is 9.74. The Morgan fingerprint density at radius 3 is 2.83 bits per heavy atom. The third kappa shape index (κ3) is 2.10. The van der Waals surface area contributed by atoms with Gasteiger partial charge in [-0.3, -0.25) is 4.79 Å². The molecule has 1 N–H and O–H groups in total. The number of rotatable bonds is 2. The predicted octanol–water partition coefficient (Wildman–Crippen LogP) is 2.58. The van der Waals surface area contributed by atoms with Gasteiger partial charge in [-0.15, -0.1) is 0 Å². The molecule has 7 heteroatoms. The number of aliphatic hydroxyl groups excluding tert-OH is 1. The highest BCUT2D eigenvalue weighted by Crippen LogP contribution is 2.74. The van der Waals surface area contributed by atoms with E-state index in [0.717, 1.165) is 24.8 Å². The molecule has 3 saturated heterocycles. The lowest BCUT2D eigenvalue weighted by molar-refractivity contribution is -0.340. The first-order valence-electron chi connectivity index (χ1n) is 10.7. The van der Waals surface area contributed by atoms with Crippen molar-refractivity contribution in [3.63, 3.8) is 0 Å². The van der Waals surface area contributed by atoms with Gasteiger partial charge in [-0.2, -0.15) is 0 Å². The molecule has 1 aromatic rings. The number of aliphatic hydroxyl groups is 1. The Hall–Kier alpha value is -1.41. The molecule has 0 aromatic carbocycles. The zero-order valence-electron chi connectivity index (χ0n) is 16.8. The number of hydrogen-bond donors (Lipinski definition) is 1. The number of ether oxygens (including phenoxy) is 4. The van der Waals surface area contributed by atoms with Gasteiger partial charge < -0.3 is 28.5 Å². The molecule has 2 bridgehead atoms. The predicted molar refractivity (Wildman–Crippen MR) is 98.5 cm³/mol. The molecule has 4 heterocycles. The highest BCUT2D eigenvalue weighted by atomic mass is 16.7. The Balaban J connectivity index is 1.43. The van der Waals surface area contributed by atoms with Gasteiger partial charge in [0, 0.05) is 17.9 Å². The van der Waals surface area contributed by atoms with Crippen LogP contribution in [-0.2, 0) is 23.7 Å². The Kier molecular flexibility index (Phi) is 3.70. The lowest BCUT2D eigenvalue weighted by Gasteiger charge is -2.67. The van der Waals surface area contributed by atoms with Crippen molar-refractivity contribution in [3.05, 3.63) is 24.2 Å². The van der Waals surface area contributed by atoms with Crippen LogP contribution in [0, 0.1) is 22.7 Å². The van der Waals surface area contributed by atoms with Crippen LogP contribution in [0.4, 0.5) is 0 Å². The van der Waals surface area contributed by atoms with Gasteiger partial charge >= 0.3 is 5.97 Å². The molecule has 9 unspecified atom stereocenters. The van der Waals surface area contributed by atoms with Crippen LogP contribution in [-0.4, -0.2) is 48.4 Å². The van der Waals surface area contributed by atoms with E-state index in [0.29, 0.717) is 19.6 Å². The Labute approximate surface area is 169 Å². The van der Waals surface area contributed by atoms with E-state index in [2.05, 4.69) is 6.92 Å². The summed E-state index contributed by atoms with van der Waals surface area (Å²) in [5, 5.41) is 11.4. The fourth-order valence-electron chi connectivity index (χ4n) is 7.52. The van der Waals surface area contributed by atoms with E-state index < -0.39 is 17.1 Å². The monoisotopic (exact) mass is 404 g/mol. The molecule has 5 aliphatic rings. The zero-order chi connectivity index (χ0) is 20.0. The van der Waals surface area contributed by atoms with Gasteiger partial charge in [0.2, 0.25) is 0 Å². The molecule has 5 fully saturated rings. The number of esters is 1. The average Bonchev–Trinajstić information content (AvgIpc) is 3.13. The van der Waals surface area contributed by atoms with Crippen molar-refractivity contribution in [2.45, 2.75) is 69.7 Å². The summed E-state index contributed by atoms with van der Waals surface area (Å²) in [7, 11) is 0.